The van der Waals surface area contributed by atoms with Crippen LogP contribution in [0.1, 0.15) is 46.0 Å². The maximum Gasteiger partial charge on any atom is 0.119 e. The van der Waals surface area contributed by atoms with Gasteiger partial charge in [-0.3, -0.25) is 0 Å². The van der Waals surface area contributed by atoms with Crippen molar-refractivity contribution in [1.82, 2.24) is 14.9 Å². The van der Waals surface area contributed by atoms with Crippen molar-refractivity contribution < 1.29 is 4.74 Å². The Hall–Kier alpha value is -1.81. The van der Waals surface area contributed by atoms with Crippen molar-refractivity contribution in [2.24, 2.45) is 0 Å². The van der Waals surface area contributed by atoms with Gasteiger partial charge in [-0.05, 0) is 37.1 Å². The Morgan fingerprint density at radius 1 is 1.17 bits per heavy atom. The van der Waals surface area contributed by atoms with E-state index in [1.54, 1.807) is 12.5 Å². The third-order valence-electron chi connectivity index (χ3n) is 4.09. The average molecular weight is 315 g/mol. The number of unbranched alkanes of at least 4 members (excludes halogenated alkanes) is 2. The van der Waals surface area contributed by atoms with Crippen LogP contribution in [0.25, 0.3) is 5.69 Å². The highest BCUT2D eigenvalue weighted by atomic mass is 16.5. The van der Waals surface area contributed by atoms with Gasteiger partial charge in [0.25, 0.3) is 0 Å². The third-order valence-corrected chi connectivity index (χ3v) is 4.09. The van der Waals surface area contributed by atoms with Crippen molar-refractivity contribution >= 4 is 0 Å². The van der Waals surface area contributed by atoms with E-state index < -0.39 is 0 Å². The summed E-state index contributed by atoms with van der Waals surface area (Å²) in [5, 5.41) is 3.59. The van der Waals surface area contributed by atoms with Crippen LogP contribution in [0, 0.1) is 0 Å². The number of aromatic nitrogens is 2. The lowest BCUT2D eigenvalue weighted by molar-refractivity contribution is 0.300. The molecule has 0 fully saturated rings. The molecule has 0 saturated carbocycles. The number of imidazole rings is 1. The van der Waals surface area contributed by atoms with Crippen LogP contribution in [0.15, 0.2) is 43.0 Å². The topological polar surface area (TPSA) is 39.1 Å². The number of hydrogen-bond acceptors (Lipinski definition) is 3. The van der Waals surface area contributed by atoms with Gasteiger partial charge in [0.2, 0.25) is 0 Å². The molecule has 1 aromatic heterocycles. The molecule has 1 N–H and O–H groups in total. The van der Waals surface area contributed by atoms with Gasteiger partial charge in [0.05, 0.1) is 6.33 Å². The van der Waals surface area contributed by atoms with Gasteiger partial charge in [0.15, 0.2) is 0 Å². The Kier molecular flexibility index (Phi) is 7.67. The van der Waals surface area contributed by atoms with Crippen LogP contribution in [0.3, 0.4) is 0 Å². The van der Waals surface area contributed by atoms with Crippen LogP contribution in [0.4, 0.5) is 0 Å². The number of ether oxygens (including phenoxy) is 1. The van der Waals surface area contributed by atoms with Gasteiger partial charge in [-0.2, -0.15) is 0 Å². The van der Waals surface area contributed by atoms with Crippen LogP contribution in [-0.2, 0) is 0 Å². The SMILES string of the molecule is CCCCCC(CC)NCCOc1ccc(-n2ccnc2)cc1. The molecule has 126 valence electrons. The van der Waals surface area contributed by atoms with Crippen molar-refractivity contribution in [3.05, 3.63) is 43.0 Å². The molecule has 1 unspecified atom stereocenters. The van der Waals surface area contributed by atoms with E-state index in [9.17, 15) is 0 Å². The fourth-order valence-corrected chi connectivity index (χ4v) is 2.65. The largest absolute Gasteiger partial charge is 0.492 e. The monoisotopic (exact) mass is 315 g/mol. The van der Waals surface area contributed by atoms with E-state index in [1.807, 2.05) is 35.0 Å². The molecule has 2 rings (SSSR count). The lowest BCUT2D eigenvalue weighted by atomic mass is 10.1. The second kappa shape index (κ2) is 10.1. The van der Waals surface area contributed by atoms with Gasteiger partial charge in [0.1, 0.15) is 12.4 Å². The average Bonchev–Trinajstić information content (AvgIpc) is 3.12. The zero-order chi connectivity index (χ0) is 16.3. The van der Waals surface area contributed by atoms with Crippen molar-refractivity contribution in [1.29, 1.82) is 0 Å². The first-order chi connectivity index (χ1) is 11.3. The molecule has 4 heteroatoms. The van der Waals surface area contributed by atoms with E-state index in [0.29, 0.717) is 12.6 Å². The molecule has 2 aromatic rings. The summed E-state index contributed by atoms with van der Waals surface area (Å²) in [7, 11) is 0. The van der Waals surface area contributed by atoms with Gasteiger partial charge < -0.3 is 14.6 Å². The minimum absolute atomic E-state index is 0.619. The number of hydrogen-bond donors (Lipinski definition) is 1. The predicted molar refractivity (Wildman–Crippen MR) is 95.3 cm³/mol. The molecule has 1 atom stereocenters. The predicted octanol–water partition coefficient (Wildman–Crippen LogP) is 4.20. The molecule has 0 bridgehead atoms. The lowest BCUT2D eigenvalue weighted by Crippen LogP contribution is -2.32. The normalized spacial score (nSPS) is 12.3. The minimum atomic E-state index is 0.619. The Bertz CT molecular complexity index is 522. The summed E-state index contributed by atoms with van der Waals surface area (Å²) in [5.41, 5.74) is 1.09. The lowest BCUT2D eigenvalue weighted by Gasteiger charge is -2.17. The molecular formula is C19H29N3O. The quantitative estimate of drug-likeness (QED) is 0.632. The standard InChI is InChI=1S/C19H29N3O/c1-3-5-6-7-17(4-2)21-13-15-23-19-10-8-18(9-11-19)22-14-12-20-16-22/h8-12,14,16-17,21H,3-7,13,15H2,1-2H3. The molecule has 0 aliphatic carbocycles. The van der Waals surface area contributed by atoms with E-state index in [4.69, 9.17) is 4.74 Å². The molecule has 0 spiro atoms. The first-order valence-electron chi connectivity index (χ1n) is 8.78. The van der Waals surface area contributed by atoms with Crippen LogP contribution >= 0.6 is 0 Å². The number of benzene rings is 1. The maximum absolute atomic E-state index is 5.81. The van der Waals surface area contributed by atoms with Crippen molar-refractivity contribution in [2.75, 3.05) is 13.2 Å². The van der Waals surface area contributed by atoms with Crippen LogP contribution in [0.2, 0.25) is 0 Å². The second-order valence-corrected chi connectivity index (χ2v) is 5.87. The van der Waals surface area contributed by atoms with Gasteiger partial charge in [-0.25, -0.2) is 4.98 Å². The fourth-order valence-electron chi connectivity index (χ4n) is 2.65. The summed E-state index contributed by atoms with van der Waals surface area (Å²) >= 11 is 0. The Morgan fingerprint density at radius 2 is 2.00 bits per heavy atom. The molecule has 0 radical (unpaired) electrons. The molecule has 0 aliphatic rings. The van der Waals surface area contributed by atoms with Crippen LogP contribution in [-0.4, -0.2) is 28.7 Å². The summed E-state index contributed by atoms with van der Waals surface area (Å²) in [4.78, 5) is 4.06. The first kappa shape index (κ1) is 17.5. The van der Waals surface area contributed by atoms with Gasteiger partial charge in [0, 0.05) is 30.7 Å². The number of nitrogens with zero attached hydrogens (tertiary/aromatic N) is 2. The van der Waals surface area contributed by atoms with Crippen molar-refractivity contribution in [3.8, 4) is 11.4 Å². The molecule has 0 aliphatic heterocycles. The molecule has 23 heavy (non-hydrogen) atoms. The van der Waals surface area contributed by atoms with E-state index in [0.717, 1.165) is 18.0 Å². The maximum atomic E-state index is 5.81. The van der Waals surface area contributed by atoms with Gasteiger partial charge >= 0.3 is 0 Å². The zero-order valence-corrected chi connectivity index (χ0v) is 14.4. The number of nitrogens with one attached hydrogen (secondary N) is 1. The second-order valence-electron chi connectivity index (χ2n) is 5.87. The smallest absolute Gasteiger partial charge is 0.119 e. The summed E-state index contributed by atoms with van der Waals surface area (Å²) in [6.07, 6.45) is 11.9. The molecule has 4 nitrogen and oxygen atoms in total. The summed E-state index contributed by atoms with van der Waals surface area (Å²) in [6.45, 7) is 6.10. The highest BCUT2D eigenvalue weighted by molar-refractivity contribution is 5.37. The molecule has 0 amide bonds. The van der Waals surface area contributed by atoms with E-state index >= 15 is 0 Å². The highest BCUT2D eigenvalue weighted by Gasteiger charge is 2.04. The van der Waals surface area contributed by atoms with E-state index in [1.165, 1.54) is 32.1 Å². The highest BCUT2D eigenvalue weighted by Crippen LogP contribution is 2.15. The van der Waals surface area contributed by atoms with Gasteiger partial charge in [-0.15, -0.1) is 0 Å². The van der Waals surface area contributed by atoms with E-state index in [-0.39, 0.29) is 0 Å². The Labute approximate surface area is 139 Å². The van der Waals surface area contributed by atoms with Crippen molar-refractivity contribution in [3.63, 3.8) is 0 Å². The molecule has 1 aromatic carbocycles. The Balaban J connectivity index is 1.67. The molecular weight excluding hydrogens is 286 g/mol. The summed E-state index contributed by atoms with van der Waals surface area (Å²) < 4.78 is 7.79. The minimum Gasteiger partial charge on any atom is -0.492 e. The van der Waals surface area contributed by atoms with Gasteiger partial charge in [-0.1, -0.05) is 33.1 Å². The summed E-state index contributed by atoms with van der Waals surface area (Å²) in [5.74, 6) is 0.912. The van der Waals surface area contributed by atoms with Crippen LogP contribution in [0.5, 0.6) is 5.75 Å². The van der Waals surface area contributed by atoms with Crippen LogP contribution < -0.4 is 10.1 Å². The molecule has 0 saturated heterocycles. The number of rotatable bonds is 11. The summed E-state index contributed by atoms with van der Waals surface area (Å²) in [6, 6.07) is 8.73. The Morgan fingerprint density at radius 3 is 2.65 bits per heavy atom. The zero-order valence-electron chi connectivity index (χ0n) is 14.4. The molecule has 1 heterocycles. The third kappa shape index (κ3) is 6.06. The van der Waals surface area contributed by atoms with Crippen molar-refractivity contribution in [2.45, 2.75) is 52.0 Å². The first-order valence-corrected chi connectivity index (χ1v) is 8.78. The van der Waals surface area contributed by atoms with E-state index in [2.05, 4.69) is 24.1 Å². The fraction of sp³-hybridized carbons (Fsp3) is 0.526.